The van der Waals surface area contributed by atoms with Gasteiger partial charge in [0.25, 0.3) is 0 Å². The van der Waals surface area contributed by atoms with Crippen molar-refractivity contribution in [1.82, 2.24) is 0 Å². The summed E-state index contributed by atoms with van der Waals surface area (Å²) in [6, 6.07) is 2.35. The SMILES string of the molecule is CC1(C)CC1C(=O)c1ccc(C(F)(F)F)c(F)c1. The Balaban J connectivity index is 2.28. The number of ketones is 1. The fourth-order valence-corrected chi connectivity index (χ4v) is 2.01. The number of alkyl halides is 3. The van der Waals surface area contributed by atoms with Crippen molar-refractivity contribution in [3.8, 4) is 0 Å². The van der Waals surface area contributed by atoms with E-state index >= 15 is 0 Å². The molecule has 0 N–H and O–H groups in total. The summed E-state index contributed by atoms with van der Waals surface area (Å²) in [7, 11) is 0. The molecular formula is C13H12F4O. The zero-order valence-corrected chi connectivity index (χ0v) is 9.94. The molecule has 0 aromatic heterocycles. The van der Waals surface area contributed by atoms with Crippen molar-refractivity contribution >= 4 is 5.78 Å². The van der Waals surface area contributed by atoms with Crippen LogP contribution in [0.4, 0.5) is 17.6 Å². The van der Waals surface area contributed by atoms with Crippen LogP contribution in [0.3, 0.4) is 0 Å². The standard InChI is InChI=1S/C13H12F4O/c1-12(2)6-9(12)11(18)7-3-4-8(10(14)5-7)13(15,16)17/h3-5,9H,6H2,1-2H3. The molecule has 1 aromatic carbocycles. The van der Waals surface area contributed by atoms with Crippen LogP contribution in [0.5, 0.6) is 0 Å². The Morgan fingerprint density at radius 2 is 1.89 bits per heavy atom. The molecule has 1 atom stereocenters. The minimum Gasteiger partial charge on any atom is -0.294 e. The van der Waals surface area contributed by atoms with Crippen molar-refractivity contribution in [3.05, 3.63) is 35.1 Å². The van der Waals surface area contributed by atoms with Crippen LogP contribution in [0.15, 0.2) is 18.2 Å². The van der Waals surface area contributed by atoms with Gasteiger partial charge in [0, 0.05) is 11.5 Å². The molecule has 0 saturated heterocycles. The van der Waals surface area contributed by atoms with E-state index < -0.39 is 17.6 Å². The van der Waals surface area contributed by atoms with Crippen LogP contribution in [-0.2, 0) is 6.18 Å². The summed E-state index contributed by atoms with van der Waals surface area (Å²) in [5.41, 5.74) is -1.46. The van der Waals surface area contributed by atoms with Crippen molar-refractivity contribution in [3.63, 3.8) is 0 Å². The largest absolute Gasteiger partial charge is 0.419 e. The van der Waals surface area contributed by atoms with Gasteiger partial charge in [-0.1, -0.05) is 19.9 Å². The van der Waals surface area contributed by atoms with Crippen LogP contribution in [0.25, 0.3) is 0 Å². The molecular weight excluding hydrogens is 248 g/mol. The average molecular weight is 260 g/mol. The molecule has 0 aliphatic heterocycles. The molecule has 1 unspecified atom stereocenters. The molecule has 0 heterocycles. The lowest BCUT2D eigenvalue weighted by molar-refractivity contribution is -0.140. The number of hydrogen-bond acceptors (Lipinski definition) is 1. The van der Waals surface area contributed by atoms with E-state index in [1.807, 2.05) is 13.8 Å². The fourth-order valence-electron chi connectivity index (χ4n) is 2.01. The summed E-state index contributed by atoms with van der Waals surface area (Å²) in [6.07, 6.45) is -4.04. The Kier molecular flexibility index (Phi) is 2.76. The zero-order valence-electron chi connectivity index (χ0n) is 9.94. The third-order valence-corrected chi connectivity index (χ3v) is 3.39. The summed E-state index contributed by atoms with van der Waals surface area (Å²) in [5, 5.41) is 0. The topological polar surface area (TPSA) is 17.1 Å². The van der Waals surface area contributed by atoms with E-state index in [4.69, 9.17) is 0 Å². The maximum atomic E-state index is 13.3. The average Bonchev–Trinajstić information content (AvgIpc) is 2.84. The molecule has 1 aromatic rings. The van der Waals surface area contributed by atoms with Crippen LogP contribution in [0.1, 0.15) is 36.2 Å². The zero-order chi connectivity index (χ0) is 13.7. The quantitative estimate of drug-likeness (QED) is 0.578. The molecule has 1 saturated carbocycles. The number of Topliss-reactive ketones (excluding diaryl/α,β-unsaturated/α-hetero) is 1. The summed E-state index contributed by atoms with van der Waals surface area (Å²) < 4.78 is 50.4. The van der Waals surface area contributed by atoms with Gasteiger partial charge >= 0.3 is 6.18 Å². The Morgan fingerprint density at radius 1 is 1.33 bits per heavy atom. The lowest BCUT2D eigenvalue weighted by atomic mass is 10.00. The lowest BCUT2D eigenvalue weighted by Crippen LogP contribution is -2.11. The first-order chi connectivity index (χ1) is 8.13. The van der Waals surface area contributed by atoms with Gasteiger partial charge in [0.05, 0.1) is 5.56 Å². The lowest BCUT2D eigenvalue weighted by Gasteiger charge is -2.09. The smallest absolute Gasteiger partial charge is 0.294 e. The van der Waals surface area contributed by atoms with Gasteiger partial charge in [-0.15, -0.1) is 0 Å². The van der Waals surface area contributed by atoms with Gasteiger partial charge in [-0.3, -0.25) is 4.79 Å². The van der Waals surface area contributed by atoms with Crippen molar-refractivity contribution < 1.29 is 22.4 Å². The molecule has 0 bridgehead atoms. The molecule has 98 valence electrons. The Labute approximate surface area is 102 Å². The van der Waals surface area contributed by atoms with E-state index in [0.717, 1.165) is 6.07 Å². The monoisotopic (exact) mass is 260 g/mol. The summed E-state index contributed by atoms with van der Waals surface area (Å²) in [5.74, 6) is -1.90. The second-order valence-corrected chi connectivity index (χ2v) is 5.30. The number of benzene rings is 1. The van der Waals surface area contributed by atoms with Crippen LogP contribution >= 0.6 is 0 Å². The van der Waals surface area contributed by atoms with E-state index in [9.17, 15) is 22.4 Å². The van der Waals surface area contributed by atoms with Gasteiger partial charge in [0.15, 0.2) is 5.78 Å². The fraction of sp³-hybridized carbons (Fsp3) is 0.462. The first-order valence-electron chi connectivity index (χ1n) is 5.54. The van der Waals surface area contributed by atoms with Gasteiger partial charge in [-0.2, -0.15) is 13.2 Å². The molecule has 0 spiro atoms. The Bertz CT molecular complexity index is 502. The summed E-state index contributed by atoms with van der Waals surface area (Å²) in [4.78, 5) is 11.9. The second-order valence-electron chi connectivity index (χ2n) is 5.30. The van der Waals surface area contributed by atoms with Crippen LogP contribution in [0.2, 0.25) is 0 Å². The van der Waals surface area contributed by atoms with Crippen LogP contribution < -0.4 is 0 Å². The highest BCUT2D eigenvalue weighted by Crippen LogP contribution is 2.53. The molecule has 1 nitrogen and oxygen atoms in total. The third kappa shape index (κ3) is 2.26. The van der Waals surface area contributed by atoms with E-state index in [1.165, 1.54) is 0 Å². The van der Waals surface area contributed by atoms with Crippen LogP contribution in [0, 0.1) is 17.2 Å². The third-order valence-electron chi connectivity index (χ3n) is 3.39. The Morgan fingerprint density at radius 3 is 2.28 bits per heavy atom. The predicted octanol–water partition coefficient (Wildman–Crippen LogP) is 4.07. The highest BCUT2D eigenvalue weighted by Gasteiger charge is 2.50. The first-order valence-corrected chi connectivity index (χ1v) is 5.54. The van der Waals surface area contributed by atoms with E-state index in [2.05, 4.69) is 0 Å². The molecule has 2 rings (SSSR count). The highest BCUT2D eigenvalue weighted by atomic mass is 19.4. The van der Waals surface area contributed by atoms with Crippen LogP contribution in [-0.4, -0.2) is 5.78 Å². The highest BCUT2D eigenvalue weighted by molar-refractivity contribution is 6.00. The van der Waals surface area contributed by atoms with Crippen molar-refractivity contribution in [2.45, 2.75) is 26.4 Å². The van der Waals surface area contributed by atoms with Crippen molar-refractivity contribution in [1.29, 1.82) is 0 Å². The maximum absolute atomic E-state index is 13.3. The second kappa shape index (κ2) is 3.80. The molecule has 5 heteroatoms. The Hall–Kier alpha value is -1.39. The summed E-state index contributed by atoms with van der Waals surface area (Å²) in [6.45, 7) is 3.80. The molecule has 0 amide bonds. The van der Waals surface area contributed by atoms with E-state index in [-0.39, 0.29) is 22.7 Å². The van der Waals surface area contributed by atoms with Crippen molar-refractivity contribution in [2.75, 3.05) is 0 Å². The molecule has 1 aliphatic rings. The first kappa shape index (κ1) is 13.1. The van der Waals surface area contributed by atoms with Gasteiger partial charge in [0.2, 0.25) is 0 Å². The minimum atomic E-state index is -4.73. The van der Waals surface area contributed by atoms with Gasteiger partial charge in [-0.05, 0) is 24.0 Å². The maximum Gasteiger partial charge on any atom is 0.419 e. The molecule has 0 radical (unpaired) electrons. The van der Waals surface area contributed by atoms with Gasteiger partial charge < -0.3 is 0 Å². The molecule has 1 aliphatic carbocycles. The van der Waals surface area contributed by atoms with Gasteiger partial charge in [0.1, 0.15) is 5.82 Å². The minimum absolute atomic E-state index is 0.0103. The number of carbonyl (C=O) groups excluding carboxylic acids is 1. The van der Waals surface area contributed by atoms with E-state index in [0.29, 0.717) is 18.6 Å². The number of carbonyl (C=O) groups is 1. The molecule has 1 fully saturated rings. The number of rotatable bonds is 2. The molecule has 18 heavy (non-hydrogen) atoms. The normalized spacial score (nSPS) is 21.8. The van der Waals surface area contributed by atoms with Gasteiger partial charge in [-0.25, -0.2) is 4.39 Å². The predicted molar refractivity (Wildman–Crippen MR) is 57.6 cm³/mol. The summed E-state index contributed by atoms with van der Waals surface area (Å²) >= 11 is 0. The van der Waals surface area contributed by atoms with E-state index in [1.54, 1.807) is 0 Å². The number of halogens is 4. The number of hydrogen-bond donors (Lipinski definition) is 0. The van der Waals surface area contributed by atoms with Crippen molar-refractivity contribution in [2.24, 2.45) is 11.3 Å².